The van der Waals surface area contributed by atoms with Crippen molar-refractivity contribution >= 4 is 38.9 Å². The van der Waals surface area contributed by atoms with Crippen molar-refractivity contribution in [2.75, 3.05) is 6.54 Å². The Bertz CT molecular complexity index is 870. The third-order valence-electron chi connectivity index (χ3n) is 4.21. The Morgan fingerprint density at radius 1 is 1.04 bits per heavy atom. The molecule has 0 unspecified atom stereocenters. The van der Waals surface area contributed by atoms with Crippen LogP contribution in [0.5, 0.6) is 0 Å². The molecule has 2 aromatic rings. The van der Waals surface area contributed by atoms with Crippen LogP contribution in [0.2, 0.25) is 10.0 Å². The van der Waals surface area contributed by atoms with Crippen LogP contribution in [-0.4, -0.2) is 26.1 Å². The van der Waals surface area contributed by atoms with Gasteiger partial charge >= 0.3 is 0 Å². The number of hydrogen-bond donors (Lipinski definition) is 1. The molecule has 4 nitrogen and oxygen atoms in total. The Morgan fingerprint density at radius 3 is 2.31 bits per heavy atom. The molecule has 0 saturated heterocycles. The van der Waals surface area contributed by atoms with Crippen molar-refractivity contribution in [1.82, 2.24) is 5.32 Å². The molecule has 26 heavy (non-hydrogen) atoms. The second-order valence-corrected chi connectivity index (χ2v) is 9.39. The minimum absolute atomic E-state index is 0.0881. The summed E-state index contributed by atoms with van der Waals surface area (Å²) in [6, 6.07) is 14.4. The first-order valence-electron chi connectivity index (χ1n) is 8.19. The zero-order valence-corrected chi connectivity index (χ0v) is 16.9. The number of hydrogen-bond acceptors (Lipinski definition) is 3. The van der Waals surface area contributed by atoms with E-state index in [0.717, 1.165) is 5.56 Å². The maximum atomic E-state index is 12.5. The summed E-state index contributed by atoms with van der Waals surface area (Å²) in [5.41, 5.74) is 1.58. The Labute approximate surface area is 164 Å². The van der Waals surface area contributed by atoms with E-state index in [4.69, 9.17) is 23.2 Å². The zero-order valence-electron chi connectivity index (χ0n) is 14.6. The standard InChI is InChI=1S/C19H21Cl2NO3S/c1-13(16-6-4-3-5-7-16)11-22-19(23)14(2)26(24,25)12-15-8-9-17(20)18(21)10-15/h3-10,13-14H,11-12H2,1-2H3,(H,22,23)/t13-,14-/m1/s1. The van der Waals surface area contributed by atoms with E-state index < -0.39 is 21.0 Å². The Hall–Kier alpha value is -1.56. The largest absolute Gasteiger partial charge is 0.354 e. The molecule has 1 amide bonds. The Balaban J connectivity index is 1.98. The van der Waals surface area contributed by atoms with Gasteiger partial charge in [-0.3, -0.25) is 4.79 Å². The number of carbonyl (C=O) groups is 1. The third-order valence-corrected chi connectivity index (χ3v) is 6.98. The van der Waals surface area contributed by atoms with Crippen molar-refractivity contribution in [2.45, 2.75) is 30.8 Å². The fourth-order valence-electron chi connectivity index (χ4n) is 2.45. The molecule has 0 aliphatic heterocycles. The predicted molar refractivity (Wildman–Crippen MR) is 106 cm³/mol. The number of carbonyl (C=O) groups excluding carboxylic acids is 1. The minimum Gasteiger partial charge on any atom is -0.354 e. The molecule has 0 radical (unpaired) electrons. The Kier molecular flexibility index (Phi) is 7.09. The number of sulfone groups is 1. The van der Waals surface area contributed by atoms with E-state index in [1.54, 1.807) is 12.1 Å². The van der Waals surface area contributed by atoms with E-state index in [-0.39, 0.29) is 16.7 Å². The van der Waals surface area contributed by atoms with Gasteiger partial charge in [0.2, 0.25) is 5.91 Å². The molecular weight excluding hydrogens is 393 g/mol. The summed E-state index contributed by atoms with van der Waals surface area (Å²) in [6.45, 7) is 3.75. The molecule has 1 N–H and O–H groups in total. The number of rotatable bonds is 7. The first kappa shape index (κ1) is 20.7. The van der Waals surface area contributed by atoms with Gasteiger partial charge < -0.3 is 5.32 Å². The van der Waals surface area contributed by atoms with Crippen LogP contribution in [0.3, 0.4) is 0 Å². The van der Waals surface area contributed by atoms with E-state index in [1.807, 2.05) is 37.3 Å². The fourth-order valence-corrected chi connectivity index (χ4v) is 4.07. The lowest BCUT2D eigenvalue weighted by molar-refractivity contribution is -0.120. The van der Waals surface area contributed by atoms with Crippen LogP contribution in [0.1, 0.15) is 30.9 Å². The quantitative estimate of drug-likeness (QED) is 0.738. The molecule has 0 aliphatic rings. The third kappa shape index (κ3) is 5.47. The van der Waals surface area contributed by atoms with Crippen LogP contribution in [0.4, 0.5) is 0 Å². The molecule has 2 aromatic carbocycles. The van der Waals surface area contributed by atoms with Crippen LogP contribution in [0.15, 0.2) is 48.5 Å². The molecule has 140 valence electrons. The van der Waals surface area contributed by atoms with E-state index in [0.29, 0.717) is 17.1 Å². The molecule has 0 bridgehead atoms. The second kappa shape index (κ2) is 8.89. The SMILES string of the molecule is C[C@H](CNC(=O)[C@@H](C)S(=O)(=O)Cc1ccc(Cl)c(Cl)c1)c1ccccc1. The molecule has 0 saturated carbocycles. The molecule has 7 heteroatoms. The number of nitrogens with one attached hydrogen (secondary N) is 1. The van der Waals surface area contributed by atoms with Crippen molar-refractivity contribution in [1.29, 1.82) is 0 Å². The summed E-state index contributed by atoms with van der Waals surface area (Å²) in [7, 11) is -3.67. The average Bonchev–Trinajstić information content (AvgIpc) is 2.62. The van der Waals surface area contributed by atoms with Crippen molar-refractivity contribution < 1.29 is 13.2 Å². The summed E-state index contributed by atoms with van der Waals surface area (Å²) < 4.78 is 25.0. The van der Waals surface area contributed by atoms with E-state index in [1.165, 1.54) is 13.0 Å². The highest BCUT2D eigenvalue weighted by atomic mass is 35.5. The molecule has 0 aliphatic carbocycles. The normalized spacial score (nSPS) is 13.8. The summed E-state index contributed by atoms with van der Waals surface area (Å²) >= 11 is 11.8. The van der Waals surface area contributed by atoms with Crippen LogP contribution in [0.25, 0.3) is 0 Å². The van der Waals surface area contributed by atoms with Crippen molar-refractivity contribution in [3.05, 3.63) is 69.7 Å². The highest BCUT2D eigenvalue weighted by Crippen LogP contribution is 2.24. The molecule has 0 spiro atoms. The lowest BCUT2D eigenvalue weighted by atomic mass is 10.0. The maximum absolute atomic E-state index is 12.5. The van der Waals surface area contributed by atoms with Crippen LogP contribution < -0.4 is 5.32 Å². The van der Waals surface area contributed by atoms with Gasteiger partial charge in [0.05, 0.1) is 15.8 Å². The highest BCUT2D eigenvalue weighted by Gasteiger charge is 2.28. The monoisotopic (exact) mass is 413 g/mol. The second-order valence-electron chi connectivity index (χ2n) is 6.25. The molecule has 0 heterocycles. The van der Waals surface area contributed by atoms with Crippen LogP contribution >= 0.6 is 23.2 Å². The van der Waals surface area contributed by atoms with Gasteiger partial charge in [-0.15, -0.1) is 0 Å². The van der Waals surface area contributed by atoms with E-state index in [2.05, 4.69) is 5.32 Å². The van der Waals surface area contributed by atoms with Crippen LogP contribution in [-0.2, 0) is 20.4 Å². The van der Waals surface area contributed by atoms with Crippen molar-refractivity contribution in [2.24, 2.45) is 0 Å². The lowest BCUT2D eigenvalue weighted by Crippen LogP contribution is -2.39. The smallest absolute Gasteiger partial charge is 0.238 e. The summed E-state index contributed by atoms with van der Waals surface area (Å²) in [6.07, 6.45) is 0. The summed E-state index contributed by atoms with van der Waals surface area (Å²) in [4.78, 5) is 12.3. The first-order valence-corrected chi connectivity index (χ1v) is 10.7. The van der Waals surface area contributed by atoms with Crippen LogP contribution in [0, 0.1) is 0 Å². The molecule has 2 atom stereocenters. The average molecular weight is 414 g/mol. The van der Waals surface area contributed by atoms with Crippen molar-refractivity contribution in [3.63, 3.8) is 0 Å². The van der Waals surface area contributed by atoms with Gasteiger partial charge in [0.15, 0.2) is 9.84 Å². The summed E-state index contributed by atoms with van der Waals surface area (Å²) in [5, 5.41) is 2.22. The lowest BCUT2D eigenvalue weighted by Gasteiger charge is -2.17. The Morgan fingerprint density at radius 2 is 1.69 bits per heavy atom. The van der Waals surface area contributed by atoms with Crippen molar-refractivity contribution in [3.8, 4) is 0 Å². The van der Waals surface area contributed by atoms with E-state index >= 15 is 0 Å². The summed E-state index contributed by atoms with van der Waals surface area (Å²) in [5.74, 6) is -0.690. The number of halogens is 2. The molecular formula is C19H21Cl2NO3S. The number of benzene rings is 2. The first-order chi connectivity index (χ1) is 12.2. The van der Waals surface area contributed by atoms with Gasteiger partial charge in [-0.05, 0) is 36.1 Å². The topological polar surface area (TPSA) is 63.2 Å². The maximum Gasteiger partial charge on any atom is 0.238 e. The minimum atomic E-state index is -3.67. The van der Waals surface area contributed by atoms with Gasteiger partial charge in [0.25, 0.3) is 0 Å². The van der Waals surface area contributed by atoms with Gasteiger partial charge in [-0.25, -0.2) is 8.42 Å². The van der Waals surface area contributed by atoms with Gasteiger partial charge in [-0.2, -0.15) is 0 Å². The van der Waals surface area contributed by atoms with Gasteiger partial charge in [-0.1, -0.05) is 66.5 Å². The molecule has 0 fully saturated rings. The fraction of sp³-hybridized carbons (Fsp3) is 0.316. The van der Waals surface area contributed by atoms with Gasteiger partial charge in [0, 0.05) is 6.54 Å². The van der Waals surface area contributed by atoms with Gasteiger partial charge in [0.1, 0.15) is 5.25 Å². The molecule has 0 aromatic heterocycles. The molecule has 2 rings (SSSR count). The van der Waals surface area contributed by atoms with E-state index in [9.17, 15) is 13.2 Å². The number of amides is 1. The highest BCUT2D eigenvalue weighted by molar-refractivity contribution is 7.92. The predicted octanol–water partition coefficient (Wildman–Crippen LogP) is 4.22. The zero-order chi connectivity index (χ0) is 19.3.